The Kier molecular flexibility index (Phi) is 3.66. The Balaban J connectivity index is 1.96. The molecule has 0 atom stereocenters. The van der Waals surface area contributed by atoms with Gasteiger partial charge < -0.3 is 13.6 Å². The normalized spacial score (nSPS) is 10.8. The smallest absolute Gasteiger partial charge is 0.437 e. The molecule has 0 fully saturated rings. The van der Waals surface area contributed by atoms with Gasteiger partial charge in [0.15, 0.2) is 5.76 Å². The van der Waals surface area contributed by atoms with Crippen LogP contribution in [0.4, 0.5) is 0 Å². The number of rotatable bonds is 4. The Labute approximate surface area is 128 Å². The largest absolute Gasteiger partial charge is 0.496 e. The van der Waals surface area contributed by atoms with E-state index in [1.54, 1.807) is 19.2 Å². The molecule has 7 heteroatoms. The molecule has 0 aliphatic carbocycles. The average molecular weight is 351 g/mol. The summed E-state index contributed by atoms with van der Waals surface area (Å²) in [6, 6.07) is 8.92. The number of halogens is 1. The number of ether oxygens (including phenoxy) is 1. The second-order valence-corrected chi connectivity index (χ2v) is 5.18. The van der Waals surface area contributed by atoms with Crippen LogP contribution in [-0.4, -0.2) is 16.9 Å². The van der Waals surface area contributed by atoms with Crippen LogP contribution in [0.5, 0.6) is 5.75 Å². The molecule has 21 heavy (non-hydrogen) atoms. The highest BCUT2D eigenvalue weighted by atomic mass is 79.9. The minimum atomic E-state index is -0.552. The highest BCUT2D eigenvalue weighted by molar-refractivity contribution is 9.10. The minimum Gasteiger partial charge on any atom is -0.496 e. The van der Waals surface area contributed by atoms with E-state index >= 15 is 0 Å². The molecule has 0 aliphatic heterocycles. The zero-order chi connectivity index (χ0) is 14.8. The summed E-state index contributed by atoms with van der Waals surface area (Å²) in [5.74, 6) is 0.682. The van der Waals surface area contributed by atoms with Gasteiger partial charge >= 0.3 is 5.76 Å². The summed E-state index contributed by atoms with van der Waals surface area (Å²) in [5, 5.41) is 4.13. The minimum absolute atomic E-state index is 0.152. The molecule has 0 saturated carbocycles. The first-order valence-electron chi connectivity index (χ1n) is 6.11. The molecule has 0 N–H and O–H groups in total. The molecule has 108 valence electrons. The first-order valence-corrected chi connectivity index (χ1v) is 6.91. The summed E-state index contributed by atoms with van der Waals surface area (Å²) in [6.45, 7) is 0.242. The second kappa shape index (κ2) is 5.61. The van der Waals surface area contributed by atoms with E-state index in [4.69, 9.17) is 13.6 Å². The molecule has 1 aromatic carbocycles. The number of hydrogen-bond acceptors (Lipinski definition) is 5. The van der Waals surface area contributed by atoms with Crippen LogP contribution in [0.25, 0.3) is 11.7 Å². The van der Waals surface area contributed by atoms with E-state index in [0.717, 1.165) is 10.0 Å². The third-order valence-electron chi connectivity index (χ3n) is 2.90. The van der Waals surface area contributed by atoms with Crippen molar-refractivity contribution in [2.75, 3.05) is 7.11 Å². The maximum atomic E-state index is 11.9. The van der Waals surface area contributed by atoms with E-state index < -0.39 is 5.76 Å². The summed E-state index contributed by atoms with van der Waals surface area (Å²) in [7, 11) is 1.58. The molecular weight excluding hydrogens is 340 g/mol. The van der Waals surface area contributed by atoms with E-state index in [1.807, 2.05) is 18.2 Å². The lowest BCUT2D eigenvalue weighted by atomic mass is 10.2. The van der Waals surface area contributed by atoms with Gasteiger partial charge in [-0.2, -0.15) is 4.68 Å². The topological polar surface area (TPSA) is 70.4 Å². The van der Waals surface area contributed by atoms with Crippen molar-refractivity contribution in [1.29, 1.82) is 0 Å². The Hall–Kier alpha value is -2.28. The number of furan rings is 1. The molecule has 0 amide bonds. The van der Waals surface area contributed by atoms with Gasteiger partial charge in [0.2, 0.25) is 0 Å². The maximum absolute atomic E-state index is 11.9. The van der Waals surface area contributed by atoms with Gasteiger partial charge in [0.05, 0.1) is 19.9 Å². The lowest BCUT2D eigenvalue weighted by Crippen LogP contribution is -2.17. The standard InChI is InChI=1S/C14H11BrN2O4/c1-19-11-5-4-10(15)7-9(11)8-17-14(18)21-13(16-17)12-3-2-6-20-12/h2-7H,8H2,1H3. The predicted octanol–water partition coefficient (Wildman–Crippen LogP) is 2.92. The molecule has 2 aromatic heterocycles. The molecule has 0 bridgehead atoms. The number of nitrogens with zero attached hydrogens (tertiary/aromatic N) is 2. The van der Waals surface area contributed by atoms with Gasteiger partial charge in [-0.3, -0.25) is 0 Å². The van der Waals surface area contributed by atoms with Crippen LogP contribution >= 0.6 is 15.9 Å². The van der Waals surface area contributed by atoms with Crippen molar-refractivity contribution in [2.24, 2.45) is 0 Å². The van der Waals surface area contributed by atoms with E-state index in [1.165, 1.54) is 10.9 Å². The van der Waals surface area contributed by atoms with Crippen molar-refractivity contribution >= 4 is 15.9 Å². The Morgan fingerprint density at radius 3 is 2.95 bits per heavy atom. The summed E-state index contributed by atoms with van der Waals surface area (Å²) in [6.07, 6.45) is 1.49. The van der Waals surface area contributed by atoms with Gasteiger partial charge in [0.1, 0.15) is 5.75 Å². The zero-order valence-electron chi connectivity index (χ0n) is 11.1. The molecule has 0 aliphatic rings. The summed E-state index contributed by atoms with van der Waals surface area (Å²) in [5.41, 5.74) is 0.813. The number of aromatic nitrogens is 2. The number of hydrogen-bond donors (Lipinski definition) is 0. The van der Waals surface area contributed by atoms with Crippen molar-refractivity contribution in [2.45, 2.75) is 6.54 Å². The maximum Gasteiger partial charge on any atom is 0.437 e. The van der Waals surface area contributed by atoms with E-state index in [0.29, 0.717) is 11.5 Å². The molecule has 6 nitrogen and oxygen atoms in total. The van der Waals surface area contributed by atoms with Gasteiger partial charge in [0, 0.05) is 10.0 Å². The van der Waals surface area contributed by atoms with Crippen molar-refractivity contribution in [3.05, 3.63) is 57.2 Å². The summed E-state index contributed by atoms with van der Waals surface area (Å²) in [4.78, 5) is 11.9. The van der Waals surface area contributed by atoms with Crippen LogP contribution in [0.15, 0.2) is 54.7 Å². The fourth-order valence-corrected chi connectivity index (χ4v) is 2.35. The third-order valence-corrected chi connectivity index (χ3v) is 3.39. The van der Waals surface area contributed by atoms with E-state index in [2.05, 4.69) is 21.0 Å². The zero-order valence-corrected chi connectivity index (χ0v) is 12.7. The molecule has 0 radical (unpaired) electrons. The summed E-state index contributed by atoms with van der Waals surface area (Å²) >= 11 is 3.39. The molecule has 0 saturated heterocycles. The predicted molar refractivity (Wildman–Crippen MR) is 78.3 cm³/mol. The Morgan fingerprint density at radius 2 is 2.24 bits per heavy atom. The van der Waals surface area contributed by atoms with Crippen molar-refractivity contribution in [3.8, 4) is 17.4 Å². The molecule has 3 rings (SSSR count). The molecular formula is C14H11BrN2O4. The van der Waals surface area contributed by atoms with Crippen LogP contribution in [-0.2, 0) is 6.54 Å². The van der Waals surface area contributed by atoms with Crippen molar-refractivity contribution in [1.82, 2.24) is 9.78 Å². The van der Waals surface area contributed by atoms with Crippen LogP contribution in [0.1, 0.15) is 5.56 Å². The average Bonchev–Trinajstić information content (AvgIpc) is 3.10. The van der Waals surface area contributed by atoms with Crippen LogP contribution < -0.4 is 10.5 Å². The van der Waals surface area contributed by atoms with Gasteiger partial charge in [-0.25, -0.2) is 4.79 Å². The van der Waals surface area contributed by atoms with Gasteiger partial charge in [-0.05, 0) is 30.3 Å². The number of methoxy groups -OCH3 is 1. The lowest BCUT2D eigenvalue weighted by molar-refractivity contribution is 0.405. The SMILES string of the molecule is COc1ccc(Br)cc1Cn1nc(-c2ccco2)oc1=O. The van der Waals surface area contributed by atoms with Crippen molar-refractivity contribution in [3.63, 3.8) is 0 Å². The van der Waals surface area contributed by atoms with Gasteiger partial charge in [-0.1, -0.05) is 15.9 Å². The third kappa shape index (κ3) is 2.78. The quantitative estimate of drug-likeness (QED) is 0.723. The van der Waals surface area contributed by atoms with Crippen LogP contribution in [0.3, 0.4) is 0 Å². The second-order valence-electron chi connectivity index (χ2n) is 4.26. The van der Waals surface area contributed by atoms with E-state index in [9.17, 15) is 4.79 Å². The molecule has 3 aromatic rings. The highest BCUT2D eigenvalue weighted by Crippen LogP contribution is 2.24. The Bertz CT molecular complexity index is 805. The molecule has 0 spiro atoms. The Morgan fingerprint density at radius 1 is 1.38 bits per heavy atom. The fraction of sp³-hybridized carbons (Fsp3) is 0.143. The van der Waals surface area contributed by atoms with Crippen LogP contribution in [0, 0.1) is 0 Å². The van der Waals surface area contributed by atoms with E-state index in [-0.39, 0.29) is 12.4 Å². The summed E-state index contributed by atoms with van der Waals surface area (Å²) < 4.78 is 17.6. The fourth-order valence-electron chi connectivity index (χ4n) is 1.94. The monoisotopic (exact) mass is 350 g/mol. The first-order chi connectivity index (χ1) is 10.2. The van der Waals surface area contributed by atoms with Gasteiger partial charge in [0.25, 0.3) is 5.89 Å². The van der Waals surface area contributed by atoms with Gasteiger partial charge in [-0.15, -0.1) is 5.10 Å². The first kappa shape index (κ1) is 13.7. The molecule has 0 unspecified atom stereocenters. The van der Waals surface area contributed by atoms with Crippen molar-refractivity contribution < 1.29 is 13.6 Å². The number of benzene rings is 1. The molecule has 2 heterocycles. The van der Waals surface area contributed by atoms with Crippen LogP contribution in [0.2, 0.25) is 0 Å². The highest BCUT2D eigenvalue weighted by Gasteiger charge is 2.14. The lowest BCUT2D eigenvalue weighted by Gasteiger charge is -2.07.